The fourth-order valence-electron chi connectivity index (χ4n) is 0.770. The van der Waals surface area contributed by atoms with Gasteiger partial charge >= 0.3 is 0 Å². The summed E-state index contributed by atoms with van der Waals surface area (Å²) in [6, 6.07) is 0. The number of rotatable bonds is 3. The molecule has 0 aliphatic carbocycles. The van der Waals surface area contributed by atoms with Crippen molar-refractivity contribution in [3.63, 3.8) is 0 Å². The predicted molar refractivity (Wildman–Crippen MR) is 42.1 cm³/mol. The largest absolute Gasteiger partial charge is 0.300 e. The maximum absolute atomic E-state index is 10.4. The maximum Gasteiger partial charge on any atom is 0.178 e. The molecular formula is C5H8N2O3S. The smallest absolute Gasteiger partial charge is 0.178 e. The van der Waals surface area contributed by atoms with Gasteiger partial charge in [-0.05, 0) is 0 Å². The second-order valence-corrected chi connectivity index (χ2v) is 4.73. The summed E-state index contributed by atoms with van der Waals surface area (Å²) in [5.74, 6) is 0.253. The third kappa shape index (κ3) is 1.47. The number of nitrogens with one attached hydrogen (secondary N) is 2. The highest BCUT2D eigenvalue weighted by atomic mass is 32.3. The van der Waals surface area contributed by atoms with Gasteiger partial charge < -0.3 is 4.79 Å². The van der Waals surface area contributed by atoms with E-state index in [0.717, 1.165) is 0 Å². The molecule has 1 saturated heterocycles. The van der Waals surface area contributed by atoms with E-state index in [-0.39, 0.29) is 5.88 Å². The summed E-state index contributed by atoms with van der Waals surface area (Å²) in [5.41, 5.74) is 1.16. The molecule has 1 unspecified atom stereocenters. The van der Waals surface area contributed by atoms with Crippen molar-refractivity contribution >= 4 is 27.7 Å². The summed E-state index contributed by atoms with van der Waals surface area (Å²) in [7, 11) is -2.05. The molecule has 6 heteroatoms. The zero-order valence-corrected chi connectivity index (χ0v) is 6.47. The van der Waals surface area contributed by atoms with Crippen molar-refractivity contribution in [1.29, 1.82) is 0 Å². The molecule has 1 aliphatic rings. The Morgan fingerprint density at radius 2 is 1.91 bits per heavy atom. The van der Waals surface area contributed by atoms with Gasteiger partial charge in [-0.2, -0.15) is 0 Å². The molecular weight excluding hydrogens is 168 g/mol. The van der Waals surface area contributed by atoms with Crippen LogP contribution in [0, 0.1) is 0 Å². The Morgan fingerprint density at radius 1 is 1.27 bits per heavy atom. The lowest BCUT2D eigenvalue weighted by Gasteiger charge is -2.18. The van der Waals surface area contributed by atoms with Crippen LogP contribution in [0.5, 0.6) is 0 Å². The minimum atomic E-state index is -2.05. The van der Waals surface area contributed by atoms with E-state index < -0.39 is 16.4 Å². The molecule has 11 heavy (non-hydrogen) atoms. The average molecular weight is 176 g/mol. The molecule has 62 valence electrons. The SMILES string of the molecule is O=CC1NCS(C=O)(C=O)N1. The van der Waals surface area contributed by atoms with E-state index in [4.69, 9.17) is 0 Å². The van der Waals surface area contributed by atoms with Crippen LogP contribution >= 0.6 is 10.2 Å². The molecule has 1 heterocycles. The van der Waals surface area contributed by atoms with Gasteiger partial charge in [0.1, 0.15) is 6.17 Å². The molecule has 0 aromatic carbocycles. The van der Waals surface area contributed by atoms with Crippen LogP contribution < -0.4 is 10.0 Å². The van der Waals surface area contributed by atoms with Gasteiger partial charge in [-0.25, -0.2) is 4.72 Å². The van der Waals surface area contributed by atoms with Gasteiger partial charge in [0.25, 0.3) is 0 Å². The van der Waals surface area contributed by atoms with Crippen LogP contribution in [0.25, 0.3) is 0 Å². The summed E-state index contributed by atoms with van der Waals surface area (Å²) in [6.07, 6.45) is 0.0716. The number of hydrogen-bond acceptors (Lipinski definition) is 5. The van der Waals surface area contributed by atoms with E-state index in [0.29, 0.717) is 17.5 Å². The molecule has 0 bridgehead atoms. The van der Waals surface area contributed by atoms with Gasteiger partial charge in [-0.15, -0.1) is 0 Å². The van der Waals surface area contributed by atoms with Crippen molar-refractivity contribution in [2.75, 3.05) is 5.88 Å². The first-order valence-corrected chi connectivity index (χ1v) is 4.86. The number of carbonyl (C=O) groups is 3. The fourth-order valence-corrected chi connectivity index (χ4v) is 2.21. The van der Waals surface area contributed by atoms with E-state index in [9.17, 15) is 14.4 Å². The van der Waals surface area contributed by atoms with Crippen LogP contribution in [0.4, 0.5) is 0 Å². The van der Waals surface area contributed by atoms with Crippen molar-refractivity contribution in [1.82, 2.24) is 10.0 Å². The molecule has 1 rings (SSSR count). The lowest BCUT2D eigenvalue weighted by molar-refractivity contribution is -0.109. The van der Waals surface area contributed by atoms with Crippen LogP contribution in [-0.4, -0.2) is 29.6 Å². The Labute approximate surface area is 65.0 Å². The van der Waals surface area contributed by atoms with Crippen LogP contribution in [0.1, 0.15) is 0 Å². The highest BCUT2D eigenvalue weighted by molar-refractivity contribution is 8.52. The molecule has 0 aromatic rings. The molecule has 0 amide bonds. The molecule has 1 atom stereocenters. The first-order valence-electron chi connectivity index (χ1n) is 2.94. The topological polar surface area (TPSA) is 75.3 Å². The molecule has 2 N–H and O–H groups in total. The Balaban J connectivity index is 2.68. The van der Waals surface area contributed by atoms with Crippen molar-refractivity contribution in [3.05, 3.63) is 0 Å². The highest BCUT2D eigenvalue weighted by Gasteiger charge is 2.32. The summed E-state index contributed by atoms with van der Waals surface area (Å²) in [6.45, 7) is 0. The van der Waals surface area contributed by atoms with Crippen LogP contribution in [0.3, 0.4) is 0 Å². The monoisotopic (exact) mass is 176 g/mol. The lowest BCUT2D eigenvalue weighted by Crippen LogP contribution is -2.32. The summed E-state index contributed by atoms with van der Waals surface area (Å²) in [4.78, 5) is 31.0. The second kappa shape index (κ2) is 3.12. The van der Waals surface area contributed by atoms with Gasteiger partial charge in [-0.1, -0.05) is 10.2 Å². The Hall–Kier alpha value is -0.720. The van der Waals surface area contributed by atoms with Crippen molar-refractivity contribution in [3.8, 4) is 0 Å². The normalized spacial score (nSPS) is 30.7. The maximum atomic E-state index is 10.4. The van der Waals surface area contributed by atoms with Crippen LogP contribution in [0.2, 0.25) is 0 Å². The Morgan fingerprint density at radius 3 is 2.18 bits per heavy atom. The van der Waals surface area contributed by atoms with E-state index in [1.807, 2.05) is 0 Å². The van der Waals surface area contributed by atoms with E-state index in [2.05, 4.69) is 10.0 Å². The molecule has 0 spiro atoms. The lowest BCUT2D eigenvalue weighted by atomic mass is 10.6. The molecule has 0 radical (unpaired) electrons. The minimum absolute atomic E-state index is 0.253. The van der Waals surface area contributed by atoms with Gasteiger partial charge in [0.05, 0.1) is 5.88 Å². The number of aldehydes is 1. The third-order valence-corrected chi connectivity index (χ3v) is 3.39. The van der Waals surface area contributed by atoms with Crippen molar-refractivity contribution in [2.24, 2.45) is 0 Å². The van der Waals surface area contributed by atoms with Crippen LogP contribution in [-0.2, 0) is 14.4 Å². The number of hydrogen-bond donors (Lipinski definition) is 2. The van der Waals surface area contributed by atoms with E-state index >= 15 is 0 Å². The average Bonchev–Trinajstić information content (AvgIpc) is 2.49. The standard InChI is InChI=1S/C5H8N2O3S/c8-1-5-6-2-11(3-9,4-10)7-5/h1,3-7H,2H2. The van der Waals surface area contributed by atoms with Gasteiger partial charge in [0, 0.05) is 0 Å². The van der Waals surface area contributed by atoms with E-state index in [1.54, 1.807) is 0 Å². The zero-order valence-electron chi connectivity index (χ0n) is 5.65. The zero-order chi connectivity index (χ0) is 8.32. The number of carbonyl (C=O) groups excluding carboxylic acids is 3. The summed E-state index contributed by atoms with van der Waals surface area (Å²) >= 11 is 0. The quantitative estimate of drug-likeness (QED) is 0.526. The van der Waals surface area contributed by atoms with Gasteiger partial charge in [-0.3, -0.25) is 14.9 Å². The molecule has 0 saturated carbocycles. The highest BCUT2D eigenvalue weighted by Crippen LogP contribution is 2.38. The summed E-state index contributed by atoms with van der Waals surface area (Å²) < 4.78 is 2.62. The van der Waals surface area contributed by atoms with E-state index in [1.165, 1.54) is 0 Å². The van der Waals surface area contributed by atoms with Gasteiger partial charge in [0.15, 0.2) is 17.5 Å². The van der Waals surface area contributed by atoms with Gasteiger partial charge in [0.2, 0.25) is 0 Å². The minimum Gasteiger partial charge on any atom is -0.300 e. The third-order valence-electron chi connectivity index (χ3n) is 1.37. The molecule has 1 fully saturated rings. The Kier molecular flexibility index (Phi) is 2.38. The van der Waals surface area contributed by atoms with Crippen molar-refractivity contribution < 1.29 is 14.4 Å². The Bertz CT molecular complexity index is 188. The predicted octanol–water partition coefficient (Wildman–Crippen LogP) is -1.24. The molecule has 5 nitrogen and oxygen atoms in total. The molecule has 0 aromatic heterocycles. The van der Waals surface area contributed by atoms with Crippen LogP contribution in [0.15, 0.2) is 0 Å². The summed E-state index contributed by atoms with van der Waals surface area (Å²) in [5, 5.41) is 2.69. The molecule has 1 aliphatic heterocycles. The fraction of sp³-hybridized carbons (Fsp3) is 0.400. The first-order chi connectivity index (χ1) is 5.26. The second-order valence-electron chi connectivity index (χ2n) is 2.12. The first kappa shape index (κ1) is 8.38. The van der Waals surface area contributed by atoms with Crippen molar-refractivity contribution in [2.45, 2.75) is 6.17 Å².